The first-order chi connectivity index (χ1) is 69.0. The molecule has 9 aliphatic heterocycles. The molecule has 0 spiro atoms. The molecule has 9 aliphatic rings. The fourth-order valence-electron chi connectivity index (χ4n) is 22.2. The van der Waals surface area contributed by atoms with Crippen LogP contribution in [0, 0.1) is 101 Å². The van der Waals surface area contributed by atoms with E-state index in [-0.39, 0.29) is 43.1 Å². The van der Waals surface area contributed by atoms with Crippen molar-refractivity contribution in [3.63, 3.8) is 0 Å². The fraction of sp³-hybridized carbons (Fsp3) is 0.429. The summed E-state index contributed by atoms with van der Waals surface area (Å²) in [6.45, 7) is 36.8. The van der Waals surface area contributed by atoms with E-state index in [1.807, 2.05) is 120 Å². The van der Waals surface area contributed by atoms with Gasteiger partial charge < -0.3 is 54.9 Å². The van der Waals surface area contributed by atoms with Crippen molar-refractivity contribution in [1.29, 1.82) is 21.0 Å². The van der Waals surface area contributed by atoms with E-state index in [4.69, 9.17) is 45.7 Å². The van der Waals surface area contributed by atoms with Crippen molar-refractivity contribution in [3.05, 3.63) is 302 Å². The van der Waals surface area contributed by atoms with Crippen LogP contribution in [-0.2, 0) is 43.5 Å². The summed E-state index contributed by atoms with van der Waals surface area (Å²) in [6, 6.07) is 58.2. The van der Waals surface area contributed by atoms with Crippen molar-refractivity contribution in [1.82, 2.24) is 79.9 Å². The van der Waals surface area contributed by atoms with E-state index in [2.05, 4.69) is 207 Å². The zero-order chi connectivity index (χ0) is 101. The van der Waals surface area contributed by atoms with Crippen molar-refractivity contribution in [2.45, 2.75) is 241 Å². The minimum absolute atomic E-state index is 0. The second-order valence-corrected chi connectivity index (χ2v) is 41.2. The number of likely N-dealkylation sites (N-methyl/N-ethyl adjacent to an activating group) is 2. The van der Waals surface area contributed by atoms with Gasteiger partial charge in [0.15, 0.2) is 0 Å². The van der Waals surface area contributed by atoms with Gasteiger partial charge in [-0.1, -0.05) is 80.2 Å². The SMILES string of the molecule is C.C1CCOC1.Cc1cc(C)c(-c2nc3c([nH]2)CCN(C)C3C)cc1C(=O)N1CCC(c2ccc(C#N)cc2)CC1.Cc1cc(C)c(-c2nc3c([nH]2)CCNC3C)cc1C(=O)N1CCC(c2ccc(C#N)cc2)CC1.Cc1cc(C)c(-c2nc3c([nH]2)CN(C)C(C)C3)cc1C(=O)N1CCC(c2ccc(C#N)cc2)CC1.Cc1cc(C)c(-c2nc3c([nH]2)CNC(C)C3)cc1C(=O)N1CCC(c2ccc(C#N)cc2)CC1. The molecular formula is C119H140N20O5. The summed E-state index contributed by atoms with van der Waals surface area (Å²) in [4.78, 5) is 101. The lowest BCUT2D eigenvalue weighted by Gasteiger charge is -2.32. The molecule has 4 amide bonds. The number of rotatable bonds is 12. The maximum absolute atomic E-state index is 13.6. The quantitative estimate of drug-likeness (QED) is 0.0662. The Morgan fingerprint density at radius 3 is 1.00 bits per heavy atom. The van der Waals surface area contributed by atoms with Crippen molar-refractivity contribution < 1.29 is 23.9 Å². The van der Waals surface area contributed by atoms with Gasteiger partial charge >= 0.3 is 0 Å². The first kappa shape index (κ1) is 103. The first-order valence-electron chi connectivity index (χ1n) is 51.5. The number of benzene rings is 8. The van der Waals surface area contributed by atoms with Gasteiger partial charge in [0, 0.05) is 191 Å². The molecule has 144 heavy (non-hydrogen) atoms. The molecule has 6 N–H and O–H groups in total. The Morgan fingerprint density at radius 2 is 0.674 bits per heavy atom. The number of fused-ring (bicyclic) bond motifs is 4. The molecule has 5 fully saturated rings. The molecule has 4 atom stereocenters. The second-order valence-electron chi connectivity index (χ2n) is 41.2. The normalized spacial score (nSPS) is 18.7. The molecule has 746 valence electrons. The highest BCUT2D eigenvalue weighted by Gasteiger charge is 2.36. The number of nitriles is 4. The average molecular weight is 1930 g/mol. The second kappa shape index (κ2) is 45.9. The third-order valence-electron chi connectivity index (χ3n) is 31.4. The smallest absolute Gasteiger partial charge is 0.254 e. The number of aryl methyl sites for hydroxylation is 8. The Kier molecular flexibility index (Phi) is 32.9. The minimum Gasteiger partial charge on any atom is -0.381 e. The average Bonchev–Trinajstić information content (AvgIpc) is 1.59. The van der Waals surface area contributed by atoms with Gasteiger partial charge in [-0.2, -0.15) is 21.0 Å². The number of amides is 4. The molecule has 0 bridgehead atoms. The van der Waals surface area contributed by atoms with Crippen LogP contribution >= 0.6 is 0 Å². The number of hydrogen-bond acceptors (Lipinski definition) is 17. The summed E-state index contributed by atoms with van der Waals surface area (Å²) in [5.74, 6) is 5.55. The largest absolute Gasteiger partial charge is 0.381 e. The van der Waals surface area contributed by atoms with Crippen LogP contribution in [0.15, 0.2) is 146 Å². The van der Waals surface area contributed by atoms with Gasteiger partial charge in [0.05, 0.1) is 86.7 Å². The topological polar surface area (TPSA) is 331 Å². The number of likely N-dealkylation sites (tertiary alicyclic amines) is 4. The van der Waals surface area contributed by atoms with Crippen LogP contribution < -0.4 is 10.6 Å². The van der Waals surface area contributed by atoms with Gasteiger partial charge in [-0.25, -0.2) is 19.9 Å². The van der Waals surface area contributed by atoms with Crippen LogP contribution in [0.3, 0.4) is 0 Å². The highest BCUT2D eigenvalue weighted by Crippen LogP contribution is 2.41. The summed E-state index contributed by atoms with van der Waals surface area (Å²) in [5, 5.41) is 43.1. The molecule has 8 aromatic carbocycles. The number of imidazole rings is 4. The van der Waals surface area contributed by atoms with Crippen LogP contribution in [0.25, 0.3) is 45.6 Å². The maximum Gasteiger partial charge on any atom is 0.254 e. The van der Waals surface area contributed by atoms with Crippen LogP contribution in [0.5, 0.6) is 0 Å². The van der Waals surface area contributed by atoms with E-state index in [9.17, 15) is 19.2 Å². The van der Waals surface area contributed by atoms with Gasteiger partial charge in [0.1, 0.15) is 23.3 Å². The van der Waals surface area contributed by atoms with Crippen molar-refractivity contribution in [2.24, 2.45) is 0 Å². The third-order valence-corrected chi connectivity index (χ3v) is 31.4. The molecule has 5 saturated heterocycles. The number of carbonyl (C=O) groups excluding carboxylic acids is 4. The number of nitrogens with one attached hydrogen (secondary N) is 6. The molecule has 21 rings (SSSR count). The number of nitrogens with zero attached hydrogens (tertiary/aromatic N) is 14. The lowest BCUT2D eigenvalue weighted by atomic mass is 9.88. The molecule has 25 nitrogen and oxygen atoms in total. The Bertz CT molecular complexity index is 6780. The van der Waals surface area contributed by atoms with Crippen molar-refractivity contribution in [2.75, 3.05) is 92.8 Å². The van der Waals surface area contributed by atoms with E-state index in [0.717, 1.165) is 310 Å². The van der Waals surface area contributed by atoms with E-state index in [0.29, 0.717) is 58.0 Å². The monoisotopic (exact) mass is 1930 g/mol. The Labute approximate surface area is 849 Å². The molecule has 0 radical (unpaired) electrons. The molecule has 0 aliphatic carbocycles. The lowest BCUT2D eigenvalue weighted by Crippen LogP contribution is -2.38. The molecule has 25 heteroatoms. The molecule has 4 unspecified atom stereocenters. The lowest BCUT2D eigenvalue weighted by molar-refractivity contribution is 0.0704. The summed E-state index contributed by atoms with van der Waals surface area (Å²) in [6.07, 6.45) is 13.8. The number of ether oxygens (including phenoxy) is 1. The van der Waals surface area contributed by atoms with Crippen molar-refractivity contribution in [3.8, 4) is 69.8 Å². The zero-order valence-corrected chi connectivity index (χ0v) is 85.6. The van der Waals surface area contributed by atoms with Crippen molar-refractivity contribution >= 4 is 23.6 Å². The molecule has 13 heterocycles. The van der Waals surface area contributed by atoms with Gasteiger partial charge in [0.25, 0.3) is 23.6 Å². The van der Waals surface area contributed by atoms with E-state index in [1.165, 1.54) is 52.2 Å². The summed E-state index contributed by atoms with van der Waals surface area (Å²) in [7, 11) is 4.28. The summed E-state index contributed by atoms with van der Waals surface area (Å²) < 4.78 is 4.94. The zero-order valence-electron chi connectivity index (χ0n) is 85.6. The van der Waals surface area contributed by atoms with Gasteiger partial charge in [0.2, 0.25) is 0 Å². The number of aromatic nitrogens is 8. The predicted molar refractivity (Wildman–Crippen MR) is 566 cm³/mol. The number of carbonyl (C=O) groups is 4. The highest BCUT2D eigenvalue weighted by atomic mass is 16.5. The predicted octanol–water partition coefficient (Wildman–Crippen LogP) is 20.9. The molecular weight excluding hydrogens is 1790 g/mol. The van der Waals surface area contributed by atoms with E-state index >= 15 is 0 Å². The summed E-state index contributed by atoms with van der Waals surface area (Å²) >= 11 is 0. The van der Waals surface area contributed by atoms with E-state index in [1.54, 1.807) is 0 Å². The Morgan fingerprint density at radius 1 is 0.361 bits per heavy atom. The maximum atomic E-state index is 13.6. The van der Waals surface area contributed by atoms with Crippen LogP contribution in [-0.4, -0.2) is 198 Å². The molecule has 4 aromatic heterocycles. The van der Waals surface area contributed by atoms with Crippen LogP contribution in [0.4, 0.5) is 0 Å². The van der Waals surface area contributed by atoms with Crippen LogP contribution in [0.2, 0.25) is 0 Å². The summed E-state index contributed by atoms with van der Waals surface area (Å²) in [5.41, 5.74) is 32.6. The van der Waals surface area contributed by atoms with Gasteiger partial charge in [-0.3, -0.25) is 29.0 Å². The number of H-pyrrole nitrogens is 4. The number of aromatic amines is 4. The number of hydrogen-bond donors (Lipinski definition) is 6. The molecule has 0 saturated carbocycles. The van der Waals surface area contributed by atoms with Gasteiger partial charge in [-0.05, 0) is 325 Å². The standard InChI is InChI=1S/2C29H33N5O.2C28H31N5O.C4H8O.CH4/c1-18-15-19(2)25(16-24(18)28-31-26-11-12-33(4)20(3)27(26)32-28)29(35)34-13-9-23(10-14-34)22-7-5-21(17-30)6-8-22;1-18-13-19(2)25(15-24(18)28-31-26-14-20(3)33(4)17-27(26)32-28)29(35)34-11-9-23(10-12-34)22-7-5-21(16-30)6-8-22;1-17-14-18(2)24(15-23(17)27-31-25-8-11-30-19(3)26(25)32-27)28(34)33-12-9-22(10-13-33)21-6-4-20(16-29)5-7-21;1-17-12-18(2)24(14-23(17)27-31-25-13-19(3)30-16-26(25)32-27)28(34)33-10-8-22(9-11-33)21-6-4-20(15-29)5-7-21;1-2-4-5-3-1;/h5-8,15-16,20,23H,9-14H2,1-4H3,(H,31,32);5-8,13,15,20,23H,9-12,14,17H2,1-4H3,(H,31,32);4-7,14-15,19,22,30H,8-13H2,1-3H3,(H,31,32);4-7,12,14,19,22,30H,8-11,13,16H2,1-3H3,(H,31,32);1-4H2;1H4. The van der Waals surface area contributed by atoms with Crippen LogP contribution in [0.1, 0.15) is 311 Å². The number of piperidine rings is 4. The fourth-order valence-corrected chi connectivity index (χ4v) is 22.2. The Balaban J connectivity index is 0.000000135. The highest BCUT2D eigenvalue weighted by molar-refractivity contribution is 6.00. The molecule has 12 aromatic rings. The van der Waals surface area contributed by atoms with E-state index < -0.39 is 0 Å². The Hall–Kier alpha value is -13.8. The third kappa shape index (κ3) is 23.2. The minimum atomic E-state index is 0. The first-order valence-corrected chi connectivity index (χ1v) is 51.5. The van der Waals surface area contributed by atoms with Gasteiger partial charge in [-0.15, -0.1) is 0 Å².